The molecule has 1 saturated heterocycles. The predicted octanol–water partition coefficient (Wildman–Crippen LogP) is 5.52. The molecule has 1 heterocycles. The summed E-state index contributed by atoms with van der Waals surface area (Å²) in [6, 6.07) is 14.4. The predicted molar refractivity (Wildman–Crippen MR) is 120 cm³/mol. The van der Waals surface area contributed by atoms with E-state index >= 15 is 0 Å². The van der Waals surface area contributed by atoms with E-state index in [1.165, 1.54) is 25.7 Å². The number of ether oxygens (including phenoxy) is 1. The molecule has 30 heavy (non-hydrogen) atoms. The summed E-state index contributed by atoms with van der Waals surface area (Å²) in [6.45, 7) is 4.46. The molecule has 160 valence electrons. The highest BCUT2D eigenvalue weighted by Gasteiger charge is 2.22. The third-order valence-corrected chi connectivity index (χ3v) is 5.43. The van der Waals surface area contributed by atoms with Gasteiger partial charge >= 0.3 is 0 Å². The Labute approximate surface area is 179 Å². The van der Waals surface area contributed by atoms with Crippen molar-refractivity contribution in [2.24, 2.45) is 0 Å². The average Bonchev–Trinajstić information content (AvgIpc) is 3.31. The van der Waals surface area contributed by atoms with Crippen molar-refractivity contribution in [3.63, 3.8) is 0 Å². The third-order valence-electron chi connectivity index (χ3n) is 5.43. The van der Waals surface area contributed by atoms with Crippen LogP contribution < -0.4 is 10.1 Å². The molecule has 5 nitrogen and oxygen atoms in total. The molecule has 0 saturated carbocycles. The van der Waals surface area contributed by atoms with Crippen LogP contribution >= 0.6 is 0 Å². The highest BCUT2D eigenvalue weighted by Crippen LogP contribution is 2.21. The summed E-state index contributed by atoms with van der Waals surface area (Å²) in [5.41, 5.74) is 1.62. The first-order valence-electron chi connectivity index (χ1n) is 11.1. The number of para-hydroxylation sites is 1. The Morgan fingerprint density at radius 1 is 0.933 bits per heavy atom. The van der Waals surface area contributed by atoms with Gasteiger partial charge in [0.25, 0.3) is 11.8 Å². The maximum absolute atomic E-state index is 12.8. The number of amides is 2. The molecule has 1 fully saturated rings. The van der Waals surface area contributed by atoms with E-state index in [0.717, 1.165) is 38.1 Å². The summed E-state index contributed by atoms with van der Waals surface area (Å²) < 4.78 is 5.76. The number of hydrogen-bond acceptors (Lipinski definition) is 3. The molecule has 3 rings (SSSR count). The Hall–Kier alpha value is -2.82. The largest absolute Gasteiger partial charge is 0.494 e. The summed E-state index contributed by atoms with van der Waals surface area (Å²) in [7, 11) is 0. The molecule has 5 heteroatoms. The quantitative estimate of drug-likeness (QED) is 0.526. The fourth-order valence-corrected chi connectivity index (χ4v) is 3.66. The second-order valence-electron chi connectivity index (χ2n) is 7.79. The SMILES string of the molecule is CCCCCCCOc1ccc(C(=O)Nc2ccccc2C(=O)N2CCCC2)cc1. The monoisotopic (exact) mass is 408 g/mol. The van der Waals surface area contributed by atoms with Crippen LogP contribution in [0.15, 0.2) is 48.5 Å². The summed E-state index contributed by atoms with van der Waals surface area (Å²) >= 11 is 0. The van der Waals surface area contributed by atoms with Crippen molar-refractivity contribution in [1.29, 1.82) is 0 Å². The van der Waals surface area contributed by atoms with Gasteiger partial charge in [-0.1, -0.05) is 44.7 Å². The van der Waals surface area contributed by atoms with Crippen molar-refractivity contribution in [3.8, 4) is 5.75 Å². The smallest absolute Gasteiger partial charge is 0.255 e. The normalized spacial score (nSPS) is 13.3. The number of anilines is 1. The van der Waals surface area contributed by atoms with E-state index in [-0.39, 0.29) is 11.8 Å². The summed E-state index contributed by atoms with van der Waals surface area (Å²) in [6.07, 6.45) is 8.06. The van der Waals surface area contributed by atoms with Crippen LogP contribution in [0.5, 0.6) is 5.75 Å². The molecule has 1 aliphatic heterocycles. The van der Waals surface area contributed by atoms with Crippen molar-refractivity contribution in [1.82, 2.24) is 4.90 Å². The Morgan fingerprint density at radius 2 is 1.63 bits per heavy atom. The second-order valence-corrected chi connectivity index (χ2v) is 7.79. The molecule has 0 bridgehead atoms. The average molecular weight is 409 g/mol. The summed E-state index contributed by atoms with van der Waals surface area (Å²) in [5, 5.41) is 2.90. The maximum atomic E-state index is 12.8. The lowest BCUT2D eigenvalue weighted by atomic mass is 10.1. The molecule has 1 N–H and O–H groups in total. The van der Waals surface area contributed by atoms with Crippen molar-refractivity contribution >= 4 is 17.5 Å². The van der Waals surface area contributed by atoms with E-state index in [9.17, 15) is 9.59 Å². The topological polar surface area (TPSA) is 58.6 Å². The number of rotatable bonds is 10. The van der Waals surface area contributed by atoms with Crippen LogP contribution in [0.1, 0.15) is 72.6 Å². The van der Waals surface area contributed by atoms with Crippen molar-refractivity contribution < 1.29 is 14.3 Å². The van der Waals surface area contributed by atoms with Gasteiger partial charge < -0.3 is 15.0 Å². The van der Waals surface area contributed by atoms with Crippen molar-refractivity contribution in [2.45, 2.75) is 51.9 Å². The van der Waals surface area contributed by atoms with Gasteiger partial charge in [-0.25, -0.2) is 0 Å². The van der Waals surface area contributed by atoms with Crippen LogP contribution in [-0.2, 0) is 0 Å². The minimum Gasteiger partial charge on any atom is -0.494 e. The lowest BCUT2D eigenvalue weighted by Gasteiger charge is -2.18. The zero-order valence-corrected chi connectivity index (χ0v) is 17.9. The molecule has 0 aromatic heterocycles. The Morgan fingerprint density at radius 3 is 2.37 bits per heavy atom. The molecule has 2 aromatic carbocycles. The minimum absolute atomic E-state index is 0.0221. The highest BCUT2D eigenvalue weighted by molar-refractivity contribution is 6.09. The fraction of sp³-hybridized carbons (Fsp3) is 0.440. The van der Waals surface area contributed by atoms with E-state index in [4.69, 9.17) is 4.74 Å². The molecule has 0 aliphatic carbocycles. The van der Waals surface area contributed by atoms with Gasteiger partial charge in [-0.15, -0.1) is 0 Å². The summed E-state index contributed by atoms with van der Waals surface area (Å²) in [4.78, 5) is 27.3. The highest BCUT2D eigenvalue weighted by atomic mass is 16.5. The number of nitrogens with zero attached hydrogens (tertiary/aromatic N) is 1. The molecule has 0 atom stereocenters. The van der Waals surface area contributed by atoms with Crippen LogP contribution in [0, 0.1) is 0 Å². The van der Waals surface area contributed by atoms with Crippen LogP contribution in [0.4, 0.5) is 5.69 Å². The van der Waals surface area contributed by atoms with E-state index in [1.54, 1.807) is 24.3 Å². The lowest BCUT2D eigenvalue weighted by molar-refractivity contribution is 0.0794. The van der Waals surface area contributed by atoms with E-state index < -0.39 is 0 Å². The maximum Gasteiger partial charge on any atom is 0.255 e. The van der Waals surface area contributed by atoms with E-state index in [2.05, 4.69) is 12.2 Å². The van der Waals surface area contributed by atoms with Gasteiger partial charge in [0.15, 0.2) is 0 Å². The van der Waals surface area contributed by atoms with E-state index in [0.29, 0.717) is 23.4 Å². The first kappa shape index (κ1) is 21.9. The Kier molecular flexibility index (Phi) is 8.30. The third kappa shape index (κ3) is 6.09. The Balaban J connectivity index is 1.55. The number of carbonyl (C=O) groups excluding carboxylic acids is 2. The first-order valence-corrected chi connectivity index (χ1v) is 11.1. The molecular weight excluding hydrogens is 376 g/mol. The van der Waals surface area contributed by atoms with Gasteiger partial charge in [-0.2, -0.15) is 0 Å². The van der Waals surface area contributed by atoms with Gasteiger partial charge in [0.05, 0.1) is 17.9 Å². The minimum atomic E-state index is -0.234. The van der Waals surface area contributed by atoms with Crippen LogP contribution in [0.25, 0.3) is 0 Å². The molecule has 2 amide bonds. The lowest BCUT2D eigenvalue weighted by Crippen LogP contribution is -2.28. The van der Waals surface area contributed by atoms with Gasteiger partial charge in [0.2, 0.25) is 0 Å². The van der Waals surface area contributed by atoms with Gasteiger partial charge in [0.1, 0.15) is 5.75 Å². The second kappa shape index (κ2) is 11.4. The molecule has 0 unspecified atom stereocenters. The molecule has 1 aliphatic rings. The van der Waals surface area contributed by atoms with Crippen molar-refractivity contribution in [2.75, 3.05) is 25.0 Å². The Bertz CT molecular complexity index is 827. The van der Waals surface area contributed by atoms with Gasteiger partial charge in [0, 0.05) is 18.7 Å². The molecule has 0 radical (unpaired) electrons. The van der Waals surface area contributed by atoms with Gasteiger partial charge in [-0.3, -0.25) is 9.59 Å². The number of likely N-dealkylation sites (tertiary alicyclic amines) is 1. The first-order chi connectivity index (χ1) is 14.7. The zero-order valence-electron chi connectivity index (χ0n) is 17.9. The van der Waals surface area contributed by atoms with Gasteiger partial charge in [-0.05, 0) is 55.7 Å². The summed E-state index contributed by atoms with van der Waals surface area (Å²) in [5.74, 6) is 0.514. The van der Waals surface area contributed by atoms with Crippen LogP contribution in [0.2, 0.25) is 0 Å². The fourth-order valence-electron chi connectivity index (χ4n) is 3.66. The van der Waals surface area contributed by atoms with E-state index in [1.807, 2.05) is 29.2 Å². The van der Waals surface area contributed by atoms with Crippen molar-refractivity contribution in [3.05, 3.63) is 59.7 Å². The molecule has 2 aromatic rings. The number of benzene rings is 2. The molecule has 0 spiro atoms. The molecular formula is C25H32N2O3. The zero-order chi connectivity index (χ0) is 21.2. The number of carbonyl (C=O) groups is 2. The number of hydrogen-bond donors (Lipinski definition) is 1. The standard InChI is InChI=1S/C25H32N2O3/c1-2-3-4-5-10-19-30-21-15-13-20(14-16-21)24(28)26-23-12-7-6-11-22(23)25(29)27-17-8-9-18-27/h6-7,11-16H,2-5,8-10,17-19H2,1H3,(H,26,28). The van der Waals surface area contributed by atoms with Crippen LogP contribution in [0.3, 0.4) is 0 Å². The van der Waals surface area contributed by atoms with Crippen LogP contribution in [-0.4, -0.2) is 36.4 Å². The number of unbranched alkanes of at least 4 members (excludes halogenated alkanes) is 4. The number of nitrogens with one attached hydrogen (secondary N) is 1.